The van der Waals surface area contributed by atoms with E-state index in [-0.39, 0.29) is 11.0 Å². The molecule has 0 fully saturated rings. The summed E-state index contributed by atoms with van der Waals surface area (Å²) >= 11 is 10.5. The van der Waals surface area contributed by atoms with Gasteiger partial charge in [0.05, 0.1) is 22.7 Å². The van der Waals surface area contributed by atoms with Crippen LogP contribution in [0.25, 0.3) is 10.8 Å². The topological polar surface area (TPSA) is 74.2 Å². The van der Waals surface area contributed by atoms with Crippen LogP contribution in [0.4, 0.5) is 5.00 Å². The van der Waals surface area contributed by atoms with Gasteiger partial charge in [-0.2, -0.15) is 5.26 Å². The third-order valence-electron chi connectivity index (χ3n) is 5.47. The zero-order valence-electron chi connectivity index (χ0n) is 17.0. The molecule has 2 aromatic carbocycles. The summed E-state index contributed by atoms with van der Waals surface area (Å²) in [7, 11) is 1.53. The molecule has 31 heavy (non-hydrogen) atoms. The quantitative estimate of drug-likeness (QED) is 0.433. The Morgan fingerprint density at radius 2 is 2.16 bits per heavy atom. The second kappa shape index (κ2) is 8.95. The van der Waals surface area contributed by atoms with Crippen LogP contribution in [-0.2, 0) is 12.8 Å². The number of carbonyl (C=O) groups excluding carboxylic acids is 1. The summed E-state index contributed by atoms with van der Waals surface area (Å²) in [4.78, 5) is 14.2. The van der Waals surface area contributed by atoms with E-state index in [1.807, 2.05) is 24.3 Å². The number of hydrogen-bond acceptors (Lipinski definition) is 5. The number of nitriles is 1. The standard InChI is InChI=1S/C23H20BrN3O2S2/c1-12-7-8-15-17(11-25)22(31-18(15)9-12)27-23(30)26-21(28)16-10-13-5-3-4-6-14(13)19(24)20(16)29-2/h3-6,10,12H,7-9H2,1-2H3,(H2,26,27,28,30)/t12-/m0/s1. The first-order valence-corrected chi connectivity index (χ1v) is 11.9. The lowest BCUT2D eigenvalue weighted by Gasteiger charge is -2.17. The first kappa shape index (κ1) is 21.8. The molecule has 158 valence electrons. The number of fused-ring (bicyclic) bond motifs is 2. The van der Waals surface area contributed by atoms with Crippen LogP contribution in [0.2, 0.25) is 0 Å². The van der Waals surface area contributed by atoms with Crippen molar-refractivity contribution in [3.63, 3.8) is 0 Å². The van der Waals surface area contributed by atoms with Crippen molar-refractivity contribution in [2.75, 3.05) is 12.4 Å². The lowest BCUT2D eigenvalue weighted by Crippen LogP contribution is -2.34. The van der Waals surface area contributed by atoms with Gasteiger partial charge in [0.2, 0.25) is 0 Å². The molecule has 5 nitrogen and oxygen atoms in total. The number of ether oxygens (including phenoxy) is 1. The summed E-state index contributed by atoms with van der Waals surface area (Å²) in [6.07, 6.45) is 2.95. The lowest BCUT2D eigenvalue weighted by atomic mass is 9.89. The Kier molecular flexibility index (Phi) is 6.28. The second-order valence-corrected chi connectivity index (χ2v) is 9.87. The summed E-state index contributed by atoms with van der Waals surface area (Å²) in [6.45, 7) is 2.22. The largest absolute Gasteiger partial charge is 0.495 e. The van der Waals surface area contributed by atoms with E-state index in [1.165, 1.54) is 12.0 Å². The summed E-state index contributed by atoms with van der Waals surface area (Å²) < 4.78 is 6.21. The first-order valence-electron chi connectivity index (χ1n) is 9.85. The Labute approximate surface area is 198 Å². The molecular weight excluding hydrogens is 494 g/mol. The zero-order valence-corrected chi connectivity index (χ0v) is 20.3. The summed E-state index contributed by atoms with van der Waals surface area (Å²) in [5, 5.41) is 18.2. The van der Waals surface area contributed by atoms with E-state index in [0.717, 1.165) is 35.6 Å². The number of nitrogens with one attached hydrogen (secondary N) is 2. The van der Waals surface area contributed by atoms with E-state index in [2.05, 4.69) is 39.6 Å². The fraction of sp³-hybridized carbons (Fsp3) is 0.261. The van der Waals surface area contributed by atoms with Gasteiger partial charge in [-0.3, -0.25) is 10.1 Å². The number of hydrogen-bond donors (Lipinski definition) is 2. The van der Waals surface area contributed by atoms with Crippen molar-refractivity contribution in [3.8, 4) is 11.8 Å². The van der Waals surface area contributed by atoms with Crippen LogP contribution < -0.4 is 15.4 Å². The Morgan fingerprint density at radius 1 is 1.39 bits per heavy atom. The SMILES string of the molecule is COc1c(C(=O)NC(=S)Nc2sc3c(c2C#N)CC[C@H](C)C3)cc2ccccc2c1Br. The highest BCUT2D eigenvalue weighted by molar-refractivity contribution is 9.10. The van der Waals surface area contributed by atoms with Crippen LogP contribution in [-0.4, -0.2) is 18.1 Å². The number of benzene rings is 2. The highest BCUT2D eigenvalue weighted by Gasteiger charge is 2.25. The van der Waals surface area contributed by atoms with Crippen LogP contribution in [0.5, 0.6) is 5.75 Å². The van der Waals surface area contributed by atoms with Gasteiger partial charge < -0.3 is 10.1 Å². The van der Waals surface area contributed by atoms with Crippen molar-refractivity contribution in [1.29, 1.82) is 5.26 Å². The average Bonchev–Trinajstić information content (AvgIpc) is 3.09. The zero-order chi connectivity index (χ0) is 22.1. The van der Waals surface area contributed by atoms with Gasteiger partial charge in [0.1, 0.15) is 16.8 Å². The molecule has 0 aliphatic heterocycles. The number of carbonyl (C=O) groups is 1. The van der Waals surface area contributed by atoms with E-state index >= 15 is 0 Å². The van der Waals surface area contributed by atoms with Crippen LogP contribution in [0.1, 0.15) is 39.7 Å². The maximum Gasteiger partial charge on any atom is 0.261 e. The number of anilines is 1. The monoisotopic (exact) mass is 513 g/mol. The summed E-state index contributed by atoms with van der Waals surface area (Å²) in [5.74, 6) is 0.669. The molecule has 0 saturated heterocycles. The Bertz CT molecular complexity index is 1250. The van der Waals surface area contributed by atoms with E-state index in [9.17, 15) is 10.1 Å². The highest BCUT2D eigenvalue weighted by Crippen LogP contribution is 2.39. The van der Waals surface area contributed by atoms with Gasteiger partial charge in [-0.1, -0.05) is 31.2 Å². The summed E-state index contributed by atoms with van der Waals surface area (Å²) in [6, 6.07) is 11.8. The van der Waals surface area contributed by atoms with Gasteiger partial charge in [-0.05, 0) is 75.7 Å². The molecule has 1 aromatic heterocycles. The number of rotatable bonds is 3. The van der Waals surface area contributed by atoms with Crippen molar-refractivity contribution in [2.45, 2.75) is 26.2 Å². The highest BCUT2D eigenvalue weighted by atomic mass is 79.9. The van der Waals surface area contributed by atoms with Crippen molar-refractivity contribution < 1.29 is 9.53 Å². The predicted molar refractivity (Wildman–Crippen MR) is 132 cm³/mol. The van der Waals surface area contributed by atoms with Crippen LogP contribution >= 0.6 is 39.5 Å². The van der Waals surface area contributed by atoms with Gasteiger partial charge in [0, 0.05) is 4.88 Å². The van der Waals surface area contributed by atoms with E-state index in [0.29, 0.717) is 32.3 Å². The molecule has 0 saturated carbocycles. The van der Waals surface area contributed by atoms with E-state index < -0.39 is 0 Å². The first-order chi connectivity index (χ1) is 14.9. The minimum absolute atomic E-state index is 0.152. The molecule has 2 N–H and O–H groups in total. The molecule has 1 aliphatic rings. The second-order valence-electron chi connectivity index (χ2n) is 7.57. The molecular formula is C23H20BrN3O2S2. The Morgan fingerprint density at radius 3 is 2.90 bits per heavy atom. The normalized spacial score (nSPS) is 15.1. The molecule has 0 unspecified atom stereocenters. The smallest absolute Gasteiger partial charge is 0.261 e. The maximum atomic E-state index is 13.0. The third kappa shape index (κ3) is 4.18. The maximum absolute atomic E-state index is 13.0. The Hall–Kier alpha value is -2.47. The average molecular weight is 514 g/mol. The van der Waals surface area contributed by atoms with Gasteiger partial charge in [0.15, 0.2) is 5.11 Å². The van der Waals surface area contributed by atoms with Crippen LogP contribution in [0.3, 0.4) is 0 Å². The minimum atomic E-state index is -0.380. The molecule has 1 amide bonds. The molecule has 8 heteroatoms. The third-order valence-corrected chi connectivity index (χ3v) is 7.63. The fourth-order valence-corrected chi connectivity index (χ4v) is 6.28. The molecule has 0 radical (unpaired) electrons. The molecule has 0 spiro atoms. The van der Waals surface area contributed by atoms with Gasteiger partial charge in [-0.15, -0.1) is 11.3 Å². The predicted octanol–water partition coefficient (Wildman–Crippen LogP) is 5.80. The molecule has 1 heterocycles. The molecule has 3 aromatic rings. The van der Waals surface area contributed by atoms with Crippen LogP contribution in [0.15, 0.2) is 34.8 Å². The number of methoxy groups -OCH3 is 1. The van der Waals surface area contributed by atoms with E-state index in [4.69, 9.17) is 17.0 Å². The number of thiocarbonyl (C=S) groups is 1. The van der Waals surface area contributed by atoms with Gasteiger partial charge >= 0.3 is 0 Å². The van der Waals surface area contributed by atoms with Crippen molar-refractivity contribution >= 4 is 66.3 Å². The number of nitrogens with zero attached hydrogens (tertiary/aromatic N) is 1. The fourth-order valence-electron chi connectivity index (χ4n) is 3.91. The molecule has 1 aliphatic carbocycles. The lowest BCUT2D eigenvalue weighted by molar-refractivity contribution is 0.0975. The van der Waals surface area contributed by atoms with Crippen molar-refractivity contribution in [1.82, 2.24) is 5.32 Å². The minimum Gasteiger partial charge on any atom is -0.495 e. The molecule has 4 rings (SSSR count). The van der Waals surface area contributed by atoms with Crippen molar-refractivity contribution in [2.24, 2.45) is 5.92 Å². The van der Waals surface area contributed by atoms with Crippen molar-refractivity contribution in [3.05, 3.63) is 56.4 Å². The number of halogens is 1. The Balaban J connectivity index is 1.58. The molecule has 0 bridgehead atoms. The van der Waals surface area contributed by atoms with E-state index in [1.54, 1.807) is 17.4 Å². The number of thiophene rings is 1. The summed E-state index contributed by atoms with van der Waals surface area (Å²) in [5.41, 5.74) is 2.12. The number of amides is 1. The van der Waals surface area contributed by atoms with Gasteiger partial charge in [0.25, 0.3) is 5.91 Å². The molecule has 1 atom stereocenters. The van der Waals surface area contributed by atoms with Gasteiger partial charge in [-0.25, -0.2) is 0 Å². The van der Waals surface area contributed by atoms with Crippen LogP contribution in [0, 0.1) is 17.2 Å².